The molecule has 3 nitrogen and oxygen atoms in total. The van der Waals surface area contributed by atoms with Gasteiger partial charge in [0.15, 0.2) is 0 Å². The Morgan fingerprint density at radius 1 is 1.41 bits per heavy atom. The third kappa shape index (κ3) is 3.34. The fourth-order valence-corrected chi connectivity index (χ4v) is 3.28. The van der Waals surface area contributed by atoms with E-state index in [1.54, 1.807) is 17.5 Å². The molecule has 0 radical (unpaired) electrons. The number of likely N-dealkylation sites (N-methyl/N-ethyl adjacent to an activating group) is 1. The van der Waals surface area contributed by atoms with Gasteiger partial charge in [0.05, 0.1) is 6.20 Å². The molecular formula is C12H14BrN3S. The van der Waals surface area contributed by atoms with E-state index < -0.39 is 0 Å². The molecule has 0 aliphatic carbocycles. The van der Waals surface area contributed by atoms with Crippen LogP contribution in [0.2, 0.25) is 0 Å². The van der Waals surface area contributed by atoms with Crippen molar-refractivity contribution in [1.82, 2.24) is 15.5 Å². The molecule has 1 N–H and O–H groups in total. The summed E-state index contributed by atoms with van der Waals surface area (Å²) in [7, 11) is 0. The van der Waals surface area contributed by atoms with Crippen LogP contribution in [0.1, 0.15) is 23.4 Å². The minimum atomic E-state index is 0.297. The lowest BCUT2D eigenvalue weighted by Crippen LogP contribution is -2.22. The molecular weight excluding hydrogens is 298 g/mol. The molecule has 2 heterocycles. The third-order valence-electron chi connectivity index (χ3n) is 2.54. The molecule has 0 fully saturated rings. The molecule has 0 spiro atoms. The molecule has 0 saturated carbocycles. The van der Waals surface area contributed by atoms with Crippen molar-refractivity contribution in [3.05, 3.63) is 44.8 Å². The number of nitrogens with zero attached hydrogens (tertiary/aromatic N) is 2. The maximum absolute atomic E-state index is 3.94. The van der Waals surface area contributed by atoms with Gasteiger partial charge < -0.3 is 5.32 Å². The summed E-state index contributed by atoms with van der Waals surface area (Å²) in [4.78, 5) is 1.35. The van der Waals surface area contributed by atoms with E-state index in [9.17, 15) is 0 Å². The van der Waals surface area contributed by atoms with Crippen molar-refractivity contribution in [2.75, 3.05) is 6.54 Å². The van der Waals surface area contributed by atoms with Crippen LogP contribution in [0, 0.1) is 0 Å². The topological polar surface area (TPSA) is 37.8 Å². The Morgan fingerprint density at radius 2 is 2.29 bits per heavy atom. The van der Waals surface area contributed by atoms with Crippen molar-refractivity contribution >= 4 is 27.3 Å². The second-order valence-electron chi connectivity index (χ2n) is 3.68. The summed E-state index contributed by atoms with van der Waals surface area (Å²) >= 11 is 5.35. The number of halogens is 1. The predicted molar refractivity (Wildman–Crippen MR) is 74.2 cm³/mol. The van der Waals surface area contributed by atoms with Gasteiger partial charge in [-0.2, -0.15) is 10.2 Å². The fraction of sp³-hybridized carbons (Fsp3) is 0.333. The number of nitrogens with one attached hydrogen (secondary N) is 1. The predicted octanol–water partition coefficient (Wildman–Crippen LogP) is 3.19. The largest absolute Gasteiger partial charge is 0.310 e. The van der Waals surface area contributed by atoms with Gasteiger partial charge in [0, 0.05) is 28.0 Å². The van der Waals surface area contributed by atoms with Gasteiger partial charge in [-0.05, 0) is 45.6 Å². The standard InChI is InChI=1S/C12H14BrN3S/c1-2-14-11(9-3-5-15-16-8-9)7-12-10(13)4-6-17-12/h3-6,8,11,14H,2,7H2,1H3. The van der Waals surface area contributed by atoms with Crippen molar-refractivity contribution in [1.29, 1.82) is 0 Å². The van der Waals surface area contributed by atoms with E-state index in [4.69, 9.17) is 0 Å². The van der Waals surface area contributed by atoms with Gasteiger partial charge in [-0.25, -0.2) is 0 Å². The van der Waals surface area contributed by atoms with E-state index in [1.807, 2.05) is 12.3 Å². The zero-order valence-electron chi connectivity index (χ0n) is 9.56. The zero-order valence-corrected chi connectivity index (χ0v) is 12.0. The Balaban J connectivity index is 2.16. The van der Waals surface area contributed by atoms with Crippen LogP contribution in [0.4, 0.5) is 0 Å². The van der Waals surface area contributed by atoms with Crippen molar-refractivity contribution in [3.8, 4) is 0 Å². The number of hydrogen-bond donors (Lipinski definition) is 1. The minimum absolute atomic E-state index is 0.297. The SMILES string of the molecule is CCNC(Cc1sccc1Br)c1ccnnc1. The summed E-state index contributed by atoms with van der Waals surface area (Å²) in [6, 6.07) is 4.40. The number of thiophene rings is 1. The van der Waals surface area contributed by atoms with Crippen molar-refractivity contribution < 1.29 is 0 Å². The number of rotatable bonds is 5. The first-order valence-corrected chi connectivity index (χ1v) is 7.20. The van der Waals surface area contributed by atoms with Crippen LogP contribution in [-0.4, -0.2) is 16.7 Å². The molecule has 2 aromatic heterocycles. The molecule has 1 atom stereocenters. The highest BCUT2D eigenvalue weighted by Crippen LogP contribution is 2.27. The van der Waals surface area contributed by atoms with E-state index in [0.29, 0.717) is 6.04 Å². The van der Waals surface area contributed by atoms with E-state index in [1.165, 1.54) is 14.9 Å². The average Bonchev–Trinajstić information content (AvgIpc) is 2.76. The summed E-state index contributed by atoms with van der Waals surface area (Å²) in [6.45, 7) is 3.06. The van der Waals surface area contributed by atoms with Crippen molar-refractivity contribution in [2.45, 2.75) is 19.4 Å². The second-order valence-corrected chi connectivity index (χ2v) is 5.54. The lowest BCUT2D eigenvalue weighted by atomic mass is 10.1. The Morgan fingerprint density at radius 3 is 2.88 bits per heavy atom. The van der Waals surface area contributed by atoms with Crippen LogP contribution < -0.4 is 5.32 Å². The van der Waals surface area contributed by atoms with E-state index in [-0.39, 0.29) is 0 Å². The summed E-state index contributed by atoms with van der Waals surface area (Å²) in [5.41, 5.74) is 1.18. The van der Waals surface area contributed by atoms with Gasteiger partial charge in [-0.3, -0.25) is 0 Å². The molecule has 1 unspecified atom stereocenters. The smallest absolute Gasteiger partial charge is 0.0544 e. The number of aromatic nitrogens is 2. The molecule has 90 valence electrons. The van der Waals surface area contributed by atoms with E-state index in [2.05, 4.69) is 49.8 Å². The molecule has 0 bridgehead atoms. The minimum Gasteiger partial charge on any atom is -0.310 e. The van der Waals surface area contributed by atoms with Crippen molar-refractivity contribution in [2.24, 2.45) is 0 Å². The van der Waals surface area contributed by atoms with E-state index >= 15 is 0 Å². The van der Waals surface area contributed by atoms with Crippen LogP contribution in [0.25, 0.3) is 0 Å². The molecule has 17 heavy (non-hydrogen) atoms. The van der Waals surface area contributed by atoms with Gasteiger partial charge >= 0.3 is 0 Å². The molecule has 0 aliphatic heterocycles. The quantitative estimate of drug-likeness (QED) is 0.921. The van der Waals surface area contributed by atoms with E-state index in [0.717, 1.165) is 13.0 Å². The fourth-order valence-electron chi connectivity index (χ4n) is 1.72. The first kappa shape index (κ1) is 12.7. The summed E-state index contributed by atoms with van der Waals surface area (Å²) in [5.74, 6) is 0. The first-order chi connectivity index (χ1) is 8.31. The molecule has 0 aliphatic rings. The first-order valence-electron chi connectivity index (χ1n) is 5.53. The van der Waals surface area contributed by atoms with Crippen LogP contribution in [0.3, 0.4) is 0 Å². The lowest BCUT2D eigenvalue weighted by Gasteiger charge is -2.17. The van der Waals surface area contributed by atoms with Crippen molar-refractivity contribution in [3.63, 3.8) is 0 Å². The Bertz CT molecular complexity index is 458. The van der Waals surface area contributed by atoms with Crippen LogP contribution >= 0.6 is 27.3 Å². The van der Waals surface area contributed by atoms with Gasteiger partial charge in [-0.1, -0.05) is 6.92 Å². The van der Waals surface area contributed by atoms with Crippen LogP contribution in [0.15, 0.2) is 34.4 Å². The normalized spacial score (nSPS) is 12.6. The highest BCUT2D eigenvalue weighted by Gasteiger charge is 2.13. The van der Waals surface area contributed by atoms with Gasteiger partial charge in [-0.15, -0.1) is 11.3 Å². The second kappa shape index (κ2) is 6.23. The Labute approximate surface area is 113 Å². The van der Waals surface area contributed by atoms with Gasteiger partial charge in [0.1, 0.15) is 0 Å². The maximum Gasteiger partial charge on any atom is 0.0544 e. The molecule has 2 aromatic rings. The Hall–Kier alpha value is -0.780. The van der Waals surface area contributed by atoms with Gasteiger partial charge in [0.25, 0.3) is 0 Å². The van der Waals surface area contributed by atoms with Crippen LogP contribution in [-0.2, 0) is 6.42 Å². The third-order valence-corrected chi connectivity index (χ3v) is 4.49. The molecule has 0 aromatic carbocycles. The summed E-state index contributed by atoms with van der Waals surface area (Å²) in [5, 5.41) is 13.3. The average molecular weight is 312 g/mol. The Kier molecular flexibility index (Phi) is 4.65. The summed E-state index contributed by atoms with van der Waals surface area (Å²) < 4.78 is 1.19. The zero-order chi connectivity index (χ0) is 12.1. The molecule has 2 rings (SSSR count). The van der Waals surface area contributed by atoms with Crippen LogP contribution in [0.5, 0.6) is 0 Å². The number of hydrogen-bond acceptors (Lipinski definition) is 4. The molecule has 5 heteroatoms. The highest BCUT2D eigenvalue weighted by atomic mass is 79.9. The summed E-state index contributed by atoms with van der Waals surface area (Å²) in [6.07, 6.45) is 4.54. The molecule has 0 amide bonds. The van der Waals surface area contributed by atoms with Gasteiger partial charge in [0.2, 0.25) is 0 Å². The maximum atomic E-state index is 3.94. The highest BCUT2D eigenvalue weighted by molar-refractivity contribution is 9.10. The lowest BCUT2D eigenvalue weighted by molar-refractivity contribution is 0.549. The molecule has 0 saturated heterocycles. The monoisotopic (exact) mass is 311 g/mol.